The molecule has 0 aromatic heterocycles. The average Bonchev–Trinajstić information content (AvgIpc) is 3.22. The summed E-state index contributed by atoms with van der Waals surface area (Å²) in [6.45, 7) is 4.68. The molecular formula is C19H29ClN4O4. The van der Waals surface area contributed by atoms with Gasteiger partial charge in [0.1, 0.15) is 6.61 Å². The van der Waals surface area contributed by atoms with E-state index < -0.39 is 4.92 Å². The van der Waals surface area contributed by atoms with Crippen molar-refractivity contribution >= 4 is 24.0 Å². The van der Waals surface area contributed by atoms with E-state index >= 15 is 0 Å². The van der Waals surface area contributed by atoms with Gasteiger partial charge in [-0.3, -0.25) is 19.8 Å². The lowest BCUT2D eigenvalue weighted by molar-refractivity contribution is -0.385. The molecule has 9 heteroatoms. The molecule has 0 saturated carbocycles. The second-order valence-corrected chi connectivity index (χ2v) is 7.28. The molecule has 2 aliphatic heterocycles. The molecule has 0 bridgehead atoms. The first-order valence-corrected chi connectivity index (χ1v) is 9.73. The molecule has 0 radical (unpaired) electrons. The number of benzene rings is 1. The molecule has 3 rings (SSSR count). The van der Waals surface area contributed by atoms with Gasteiger partial charge in [-0.25, -0.2) is 0 Å². The van der Waals surface area contributed by atoms with Crippen molar-refractivity contribution in [2.24, 2.45) is 5.92 Å². The fourth-order valence-corrected chi connectivity index (χ4v) is 3.81. The molecule has 2 saturated heterocycles. The first kappa shape index (κ1) is 22.4. The van der Waals surface area contributed by atoms with Crippen LogP contribution in [-0.4, -0.2) is 61.1 Å². The van der Waals surface area contributed by atoms with Crippen molar-refractivity contribution in [3.8, 4) is 5.75 Å². The third-order valence-corrected chi connectivity index (χ3v) is 5.27. The molecular weight excluding hydrogens is 384 g/mol. The third-order valence-electron chi connectivity index (χ3n) is 5.27. The Bertz CT molecular complexity index is 655. The maximum Gasteiger partial charge on any atom is 0.310 e. The largest absolute Gasteiger partial charge is 0.485 e. The number of para-hydroxylation sites is 2. The summed E-state index contributed by atoms with van der Waals surface area (Å²) in [7, 11) is 0. The van der Waals surface area contributed by atoms with Crippen LogP contribution in [0.5, 0.6) is 5.75 Å². The van der Waals surface area contributed by atoms with E-state index in [1.54, 1.807) is 18.2 Å². The molecule has 28 heavy (non-hydrogen) atoms. The lowest BCUT2D eigenvalue weighted by Crippen LogP contribution is -2.46. The minimum Gasteiger partial charge on any atom is -0.485 e. The molecule has 156 valence electrons. The van der Waals surface area contributed by atoms with Gasteiger partial charge in [0.15, 0.2) is 5.75 Å². The third kappa shape index (κ3) is 6.32. The molecule has 2 N–H and O–H groups in total. The lowest BCUT2D eigenvalue weighted by Gasteiger charge is -2.32. The number of halogens is 1. The standard InChI is InChI=1S/C19H28N4O4.ClH/c24-19(16-6-3-9-20-16)21-13-15-5-4-10-22(14-15)11-12-27-18-8-2-1-7-17(18)23(25)26;/h1-2,7-8,15-16,20H,3-6,9-14H2,(H,21,24);1H. The number of rotatable bonds is 8. The number of nitro groups is 1. The zero-order chi connectivity index (χ0) is 19.1. The van der Waals surface area contributed by atoms with E-state index in [2.05, 4.69) is 15.5 Å². The van der Waals surface area contributed by atoms with Crippen LogP contribution in [0.15, 0.2) is 24.3 Å². The second-order valence-electron chi connectivity index (χ2n) is 7.28. The van der Waals surface area contributed by atoms with Gasteiger partial charge < -0.3 is 15.4 Å². The van der Waals surface area contributed by atoms with Gasteiger partial charge in [-0.15, -0.1) is 12.4 Å². The number of likely N-dealkylation sites (tertiary alicyclic amines) is 1. The first-order chi connectivity index (χ1) is 13.1. The fraction of sp³-hybridized carbons (Fsp3) is 0.632. The first-order valence-electron chi connectivity index (χ1n) is 9.73. The molecule has 2 atom stereocenters. The lowest BCUT2D eigenvalue weighted by atomic mass is 9.98. The Morgan fingerprint density at radius 2 is 2.14 bits per heavy atom. The van der Waals surface area contributed by atoms with E-state index in [4.69, 9.17) is 4.74 Å². The summed E-state index contributed by atoms with van der Waals surface area (Å²) in [4.78, 5) is 25.0. The summed E-state index contributed by atoms with van der Waals surface area (Å²) in [6, 6.07) is 6.43. The van der Waals surface area contributed by atoms with Crippen molar-refractivity contribution in [1.29, 1.82) is 0 Å². The molecule has 2 aliphatic rings. The van der Waals surface area contributed by atoms with Crippen LogP contribution in [0.1, 0.15) is 25.7 Å². The van der Waals surface area contributed by atoms with Crippen molar-refractivity contribution in [2.75, 3.05) is 39.3 Å². The van der Waals surface area contributed by atoms with Crippen molar-refractivity contribution in [3.05, 3.63) is 34.4 Å². The van der Waals surface area contributed by atoms with Gasteiger partial charge in [-0.05, 0) is 50.8 Å². The van der Waals surface area contributed by atoms with Gasteiger partial charge in [-0.2, -0.15) is 0 Å². The van der Waals surface area contributed by atoms with Crippen LogP contribution in [0.4, 0.5) is 5.69 Å². The highest BCUT2D eigenvalue weighted by Gasteiger charge is 2.24. The summed E-state index contributed by atoms with van der Waals surface area (Å²) < 4.78 is 5.64. The fourth-order valence-electron chi connectivity index (χ4n) is 3.81. The zero-order valence-corrected chi connectivity index (χ0v) is 16.8. The predicted octanol–water partition coefficient (Wildman–Crippen LogP) is 1.98. The number of nitro benzene ring substituents is 1. The highest BCUT2D eigenvalue weighted by Crippen LogP contribution is 2.25. The van der Waals surface area contributed by atoms with E-state index in [-0.39, 0.29) is 30.0 Å². The smallest absolute Gasteiger partial charge is 0.310 e. The summed E-state index contributed by atoms with van der Waals surface area (Å²) >= 11 is 0. The maximum atomic E-state index is 12.1. The van der Waals surface area contributed by atoms with Crippen LogP contribution in [0, 0.1) is 16.0 Å². The van der Waals surface area contributed by atoms with Crippen molar-refractivity contribution in [3.63, 3.8) is 0 Å². The van der Waals surface area contributed by atoms with Crippen LogP contribution in [0.25, 0.3) is 0 Å². The van der Waals surface area contributed by atoms with E-state index in [1.807, 2.05) is 0 Å². The average molecular weight is 413 g/mol. The minimum absolute atomic E-state index is 0. The number of nitrogens with zero attached hydrogens (tertiary/aromatic N) is 2. The Kier molecular flexibility index (Phi) is 8.95. The molecule has 0 aliphatic carbocycles. The Morgan fingerprint density at radius 3 is 2.89 bits per heavy atom. The molecule has 1 aromatic carbocycles. The molecule has 2 fully saturated rings. The van der Waals surface area contributed by atoms with E-state index in [1.165, 1.54) is 6.07 Å². The molecule has 0 spiro atoms. The summed E-state index contributed by atoms with van der Waals surface area (Å²) in [5.74, 6) is 0.867. The predicted molar refractivity (Wildman–Crippen MR) is 109 cm³/mol. The van der Waals surface area contributed by atoms with Gasteiger partial charge >= 0.3 is 5.69 Å². The van der Waals surface area contributed by atoms with Crippen LogP contribution < -0.4 is 15.4 Å². The number of amides is 1. The molecule has 1 amide bonds. The summed E-state index contributed by atoms with van der Waals surface area (Å²) in [5, 5.41) is 17.3. The number of hydrogen-bond donors (Lipinski definition) is 2. The number of hydrogen-bond acceptors (Lipinski definition) is 6. The van der Waals surface area contributed by atoms with Crippen LogP contribution in [-0.2, 0) is 4.79 Å². The zero-order valence-electron chi connectivity index (χ0n) is 16.0. The quantitative estimate of drug-likeness (QED) is 0.500. The van der Waals surface area contributed by atoms with Gasteiger partial charge in [0, 0.05) is 25.7 Å². The number of ether oxygens (including phenoxy) is 1. The summed E-state index contributed by atoms with van der Waals surface area (Å²) in [5.41, 5.74) is -0.00254. The maximum absolute atomic E-state index is 12.1. The van der Waals surface area contributed by atoms with Gasteiger partial charge in [-0.1, -0.05) is 12.1 Å². The Hall–Kier alpha value is -1.90. The highest BCUT2D eigenvalue weighted by atomic mass is 35.5. The van der Waals surface area contributed by atoms with Crippen LogP contribution in [0.2, 0.25) is 0 Å². The molecule has 8 nitrogen and oxygen atoms in total. The SMILES string of the molecule is Cl.O=C(NCC1CCCN(CCOc2ccccc2[N+](=O)[O-])C1)C1CCCN1. The van der Waals surface area contributed by atoms with Crippen LogP contribution >= 0.6 is 12.4 Å². The molecule has 2 heterocycles. The molecule has 1 aromatic rings. The van der Waals surface area contributed by atoms with Gasteiger partial charge in [0.05, 0.1) is 11.0 Å². The van der Waals surface area contributed by atoms with E-state index in [0.717, 1.165) is 51.9 Å². The summed E-state index contributed by atoms with van der Waals surface area (Å²) in [6.07, 6.45) is 4.19. The highest BCUT2D eigenvalue weighted by molar-refractivity contribution is 5.85. The van der Waals surface area contributed by atoms with Crippen molar-refractivity contribution in [2.45, 2.75) is 31.7 Å². The topological polar surface area (TPSA) is 96.7 Å². The monoisotopic (exact) mass is 412 g/mol. The van der Waals surface area contributed by atoms with Crippen molar-refractivity contribution < 1.29 is 14.5 Å². The second kappa shape index (κ2) is 11.2. The number of carbonyl (C=O) groups excluding carboxylic acids is 1. The van der Waals surface area contributed by atoms with E-state index in [9.17, 15) is 14.9 Å². The van der Waals surface area contributed by atoms with Crippen molar-refractivity contribution in [1.82, 2.24) is 15.5 Å². The molecule has 2 unspecified atom stereocenters. The Morgan fingerprint density at radius 1 is 1.32 bits per heavy atom. The van der Waals surface area contributed by atoms with Crippen LogP contribution in [0.3, 0.4) is 0 Å². The van der Waals surface area contributed by atoms with Gasteiger partial charge in [0.2, 0.25) is 5.91 Å². The Labute approximate surface area is 171 Å². The van der Waals surface area contributed by atoms with Gasteiger partial charge in [0.25, 0.3) is 0 Å². The normalized spacial score (nSPS) is 22.3. The number of piperidine rings is 1. The number of carbonyl (C=O) groups is 1. The minimum atomic E-state index is -0.422. The van der Waals surface area contributed by atoms with E-state index in [0.29, 0.717) is 24.8 Å². The number of nitrogens with one attached hydrogen (secondary N) is 2. The Balaban J connectivity index is 0.00000280.